The van der Waals surface area contributed by atoms with Crippen molar-refractivity contribution in [3.8, 4) is 17.2 Å². The van der Waals surface area contributed by atoms with Crippen molar-refractivity contribution in [3.63, 3.8) is 0 Å². The lowest BCUT2D eigenvalue weighted by Gasteiger charge is -2.37. The van der Waals surface area contributed by atoms with Crippen LogP contribution < -0.4 is 9.72 Å². The summed E-state index contributed by atoms with van der Waals surface area (Å²) in [6.07, 6.45) is 10.1. The average molecular weight is 826 g/mol. The zero-order valence-corrected chi connectivity index (χ0v) is 34.4. The van der Waals surface area contributed by atoms with Gasteiger partial charge in [0.15, 0.2) is 11.5 Å². The van der Waals surface area contributed by atoms with E-state index in [-0.39, 0.29) is 79.3 Å². The van der Waals surface area contributed by atoms with Gasteiger partial charge in [-0.2, -0.15) is 6.20 Å². The minimum Gasteiger partial charge on any atom is -0.664 e. The Kier molecular flexibility index (Phi) is 13.1. The number of hydrogen-bond donors (Lipinski definition) is 6. The van der Waals surface area contributed by atoms with Crippen LogP contribution in [0.5, 0.6) is 17.2 Å². The van der Waals surface area contributed by atoms with E-state index in [1.165, 1.54) is 0 Å². The molecule has 1 fully saturated rings. The van der Waals surface area contributed by atoms with Crippen molar-refractivity contribution in [2.45, 2.75) is 108 Å². The summed E-state index contributed by atoms with van der Waals surface area (Å²) in [5, 5.41) is 59.9. The minimum atomic E-state index is -1.21. The first-order valence-corrected chi connectivity index (χ1v) is 21.7. The van der Waals surface area contributed by atoms with E-state index >= 15 is 0 Å². The van der Waals surface area contributed by atoms with E-state index < -0.39 is 24.0 Å². The van der Waals surface area contributed by atoms with E-state index in [2.05, 4.69) is 9.97 Å². The molecular formula is C50H55N3O8-2. The van der Waals surface area contributed by atoms with Crippen molar-refractivity contribution in [2.75, 3.05) is 13.2 Å². The van der Waals surface area contributed by atoms with Gasteiger partial charge in [-0.25, -0.2) is 0 Å². The highest BCUT2D eigenvalue weighted by atomic mass is 16.5. The number of H-pyrrole nitrogens is 1. The molecule has 3 aliphatic rings. The molecule has 6 N–H and O–H groups in total. The van der Waals surface area contributed by atoms with E-state index in [0.717, 1.165) is 64.8 Å². The molecule has 2 aromatic heterocycles. The number of aromatic nitrogens is 2. The van der Waals surface area contributed by atoms with E-state index in [4.69, 9.17) is 10.1 Å². The van der Waals surface area contributed by atoms with Gasteiger partial charge in [-0.3, -0.25) is 9.59 Å². The van der Waals surface area contributed by atoms with Gasteiger partial charge >= 0.3 is 0 Å². The quantitative estimate of drug-likeness (QED) is 0.0760. The summed E-state index contributed by atoms with van der Waals surface area (Å²) >= 11 is 0. The summed E-state index contributed by atoms with van der Waals surface area (Å²) in [4.78, 5) is 36.4. The summed E-state index contributed by atoms with van der Waals surface area (Å²) in [5.41, 5.74) is 7.61. The number of aromatic amines is 1. The molecule has 2 aliphatic carbocycles. The topological polar surface area (TPSA) is 189 Å². The van der Waals surface area contributed by atoms with Crippen molar-refractivity contribution in [1.29, 1.82) is 0 Å². The molecule has 5 aromatic rings. The number of fused-ring (bicyclic) bond motifs is 7. The summed E-state index contributed by atoms with van der Waals surface area (Å²) in [5.74, 6) is -0.740. The van der Waals surface area contributed by atoms with E-state index in [9.17, 15) is 35.1 Å². The molecule has 3 aromatic carbocycles. The first-order chi connectivity index (χ1) is 29.6. The number of phenols is 2. The van der Waals surface area contributed by atoms with Crippen LogP contribution in [-0.4, -0.2) is 67.4 Å². The zero-order valence-electron chi connectivity index (χ0n) is 34.4. The third-order valence-corrected chi connectivity index (χ3v) is 12.7. The second-order valence-electron chi connectivity index (χ2n) is 17.0. The summed E-state index contributed by atoms with van der Waals surface area (Å²) in [6.45, 7) is 0.192. The van der Waals surface area contributed by atoms with Crippen LogP contribution >= 0.6 is 0 Å². The number of Topliss-reactive ketones (excluding diaryl/α,β-unsaturated/α-hetero) is 2. The Balaban J connectivity index is 1.15. The Morgan fingerprint density at radius 2 is 1.75 bits per heavy atom. The number of rotatable bonds is 10. The fourth-order valence-corrected chi connectivity index (χ4v) is 9.51. The molecule has 0 saturated heterocycles. The molecule has 11 nitrogen and oxygen atoms in total. The molecule has 0 amide bonds. The number of aliphatic hydroxyl groups excluding tert-OH is 3. The van der Waals surface area contributed by atoms with Gasteiger partial charge in [-0.15, -0.1) is 5.69 Å². The van der Waals surface area contributed by atoms with Crippen molar-refractivity contribution in [3.05, 3.63) is 140 Å². The van der Waals surface area contributed by atoms with Crippen molar-refractivity contribution in [2.24, 2.45) is 5.92 Å². The second kappa shape index (κ2) is 19.0. The Morgan fingerprint density at radius 1 is 0.902 bits per heavy atom. The Labute approximate surface area is 356 Å². The average Bonchev–Trinajstić information content (AvgIpc) is 4.05. The van der Waals surface area contributed by atoms with Gasteiger partial charge in [0.2, 0.25) is 0 Å². The lowest BCUT2D eigenvalue weighted by atomic mass is 9.71. The lowest BCUT2D eigenvalue weighted by molar-refractivity contribution is -0.129. The van der Waals surface area contributed by atoms with Crippen LogP contribution in [0.1, 0.15) is 120 Å². The third kappa shape index (κ3) is 9.80. The largest absolute Gasteiger partial charge is 0.664 e. The Bertz CT molecular complexity index is 2370. The molecule has 8 rings (SSSR count). The molecule has 3 heterocycles. The molecule has 0 unspecified atom stereocenters. The number of aromatic hydroxyl groups is 2. The van der Waals surface area contributed by atoms with Gasteiger partial charge < -0.3 is 45.6 Å². The van der Waals surface area contributed by atoms with E-state index in [1.54, 1.807) is 36.5 Å². The standard InChI is InChI=1S/C50H55N3O8/c54-20-4-6-32-12-13-33-24-35(32)25-34-16-18-52-50(34)53-29-36-26-44-41(17-19-51-44)42(27-38(56)14-10-30-5-3-7-37(55)21-30)47(36)45(58)28-39(57)15-11-31-22-43(48(33)59)49(60)46(23-31)61-40-8-1-2-9-40/h3,5,7,12-13,16-19,21-24,26,38,40,42,47-48,52,54-56,59-60H,1-2,4,6,8-11,14-15,20,25,27-29H2/q-2/t38-,42-,47-,48-/m1/s1. The van der Waals surface area contributed by atoms with Crippen LogP contribution in [0.3, 0.4) is 0 Å². The molecular weight excluding hydrogens is 771 g/mol. The Hall–Kier alpha value is -5.62. The summed E-state index contributed by atoms with van der Waals surface area (Å²) in [6, 6.07) is 20.1. The third-order valence-electron chi connectivity index (χ3n) is 12.7. The predicted octanol–water partition coefficient (Wildman–Crippen LogP) is 7.96. The number of nitrogens with one attached hydrogen (secondary N) is 1. The first kappa shape index (κ1) is 42.1. The highest BCUT2D eigenvalue weighted by Gasteiger charge is 2.37. The fourth-order valence-electron chi connectivity index (χ4n) is 9.51. The molecule has 320 valence electrons. The van der Waals surface area contributed by atoms with Gasteiger partial charge in [0.05, 0.1) is 18.6 Å². The van der Waals surface area contributed by atoms with Crippen LogP contribution in [0.2, 0.25) is 0 Å². The van der Waals surface area contributed by atoms with Crippen molar-refractivity contribution in [1.82, 2.24) is 9.97 Å². The first-order valence-electron chi connectivity index (χ1n) is 21.7. The predicted molar refractivity (Wildman–Crippen MR) is 232 cm³/mol. The highest BCUT2D eigenvalue weighted by molar-refractivity contribution is 6.02. The summed E-state index contributed by atoms with van der Waals surface area (Å²) in [7, 11) is 0. The van der Waals surface area contributed by atoms with Crippen LogP contribution in [0.25, 0.3) is 11.4 Å². The Morgan fingerprint density at radius 3 is 2.57 bits per heavy atom. The van der Waals surface area contributed by atoms with Crippen molar-refractivity contribution >= 4 is 23.5 Å². The smallest absolute Gasteiger partial charge is 0.163 e. The van der Waals surface area contributed by atoms with Gasteiger partial charge in [0.1, 0.15) is 23.4 Å². The van der Waals surface area contributed by atoms with Crippen LogP contribution in [0, 0.1) is 5.92 Å². The molecule has 0 radical (unpaired) electrons. The zero-order chi connectivity index (χ0) is 42.5. The number of ether oxygens (including phenoxy) is 1. The van der Waals surface area contributed by atoms with E-state index in [0.29, 0.717) is 49.0 Å². The molecule has 4 bridgehead atoms. The van der Waals surface area contributed by atoms with Gasteiger partial charge in [-0.1, -0.05) is 71.7 Å². The van der Waals surface area contributed by atoms with E-state index in [1.807, 2.05) is 48.7 Å². The van der Waals surface area contributed by atoms with Crippen LogP contribution in [-0.2, 0) is 35.3 Å². The number of benzene rings is 3. The molecule has 11 heteroatoms. The number of nitrogens with zero attached hydrogens (tertiary/aromatic N) is 2. The summed E-state index contributed by atoms with van der Waals surface area (Å²) < 4.78 is 6.35. The molecule has 61 heavy (non-hydrogen) atoms. The fraction of sp³-hybridized carbons (Fsp3) is 0.400. The molecule has 1 saturated carbocycles. The van der Waals surface area contributed by atoms with Gasteiger partial charge in [0, 0.05) is 24.5 Å². The molecule has 4 atom stereocenters. The number of aryl methyl sites for hydroxylation is 3. The molecule has 1 aliphatic heterocycles. The maximum absolute atomic E-state index is 14.6. The van der Waals surface area contributed by atoms with Crippen LogP contribution in [0.4, 0.5) is 5.82 Å². The normalized spacial score (nSPS) is 20.3. The van der Waals surface area contributed by atoms with Crippen molar-refractivity contribution < 1.29 is 39.9 Å². The second-order valence-corrected chi connectivity index (χ2v) is 17.0. The van der Waals surface area contributed by atoms with Crippen LogP contribution in [0.15, 0.2) is 84.7 Å². The maximum atomic E-state index is 14.6. The number of ketones is 2. The monoisotopic (exact) mass is 825 g/mol. The highest BCUT2D eigenvalue weighted by Crippen LogP contribution is 2.45. The van der Waals surface area contributed by atoms with Gasteiger partial charge in [0.25, 0.3) is 0 Å². The number of phenolic OH excluding ortho intramolecular Hbond substituents is 2. The SMILES string of the molecule is O=C1CCc2cc(OC3CCCC3)c(O)c(c2)[C@H](O)c2ccc(CCCO)c(c2)Cc2cc[nH]c2[N-]CC2=Cc3[n-]ccc3[C@@H](C[C@H](O)CCc3cccc(O)c3)[C@@H]2C(=O)C1. The maximum Gasteiger partial charge on any atom is 0.163 e. The minimum absolute atomic E-state index is 0.0338. The number of hydrogen-bond acceptors (Lipinski definition) is 8. The number of carbonyl (C=O) groups excluding carboxylic acids is 2. The van der Waals surface area contributed by atoms with Gasteiger partial charge in [-0.05, 0) is 141 Å². The molecule has 0 spiro atoms. The number of carbonyl (C=O) groups is 2. The lowest BCUT2D eigenvalue weighted by Crippen LogP contribution is -2.32. The number of aliphatic hydroxyl groups is 3.